The molecule has 0 radical (unpaired) electrons. The molecular weight excluding hydrogens is 236 g/mol. The zero-order chi connectivity index (χ0) is 11.8. The summed E-state index contributed by atoms with van der Waals surface area (Å²) in [6.45, 7) is 4.67. The Balaban J connectivity index is 1.94. The van der Waals surface area contributed by atoms with E-state index in [-0.39, 0.29) is 0 Å². The summed E-state index contributed by atoms with van der Waals surface area (Å²) in [5.41, 5.74) is 0. The molecule has 1 aliphatic carbocycles. The van der Waals surface area contributed by atoms with Crippen molar-refractivity contribution in [3.8, 4) is 0 Å². The molecule has 1 saturated carbocycles. The van der Waals surface area contributed by atoms with Crippen molar-refractivity contribution in [2.45, 2.75) is 38.3 Å². The fraction of sp³-hybridized carbons (Fsp3) is 0.818. The van der Waals surface area contributed by atoms with Crippen LogP contribution in [0, 0.1) is 4.77 Å². The van der Waals surface area contributed by atoms with E-state index in [1.807, 2.05) is 0 Å². The summed E-state index contributed by atoms with van der Waals surface area (Å²) in [6, 6.07) is 0.989. The van der Waals surface area contributed by atoms with Crippen molar-refractivity contribution in [1.82, 2.24) is 14.8 Å². The molecule has 1 aromatic rings. The number of rotatable bonds is 3. The minimum absolute atomic E-state index is 0.423. The average molecular weight is 254 g/mol. The molecule has 0 amide bonds. The Morgan fingerprint density at radius 3 is 3.06 bits per heavy atom. The number of ether oxygens (including phenoxy) is 1. The van der Waals surface area contributed by atoms with Gasteiger partial charge in [0, 0.05) is 12.6 Å². The van der Waals surface area contributed by atoms with Crippen molar-refractivity contribution in [1.29, 1.82) is 0 Å². The highest BCUT2D eigenvalue weighted by Crippen LogP contribution is 2.38. The normalized spacial score (nSPS) is 25.2. The highest BCUT2D eigenvalue weighted by molar-refractivity contribution is 7.71. The molecule has 5 nitrogen and oxygen atoms in total. The first-order valence-electron chi connectivity index (χ1n) is 6.32. The van der Waals surface area contributed by atoms with E-state index >= 15 is 0 Å². The van der Waals surface area contributed by atoms with Gasteiger partial charge < -0.3 is 9.64 Å². The molecule has 17 heavy (non-hydrogen) atoms. The summed E-state index contributed by atoms with van der Waals surface area (Å²) in [5, 5.41) is 7.35. The summed E-state index contributed by atoms with van der Waals surface area (Å²) in [5.74, 6) is 1.01. The largest absolute Gasteiger partial charge is 0.377 e. The SMILES string of the molecule is CCC1COCCN1c1n[nH]c(=S)n1C1CC1. The highest BCUT2D eigenvalue weighted by atomic mass is 32.1. The maximum absolute atomic E-state index is 5.53. The van der Waals surface area contributed by atoms with E-state index in [2.05, 4.69) is 26.6 Å². The second-order valence-corrected chi connectivity index (χ2v) is 5.15. The van der Waals surface area contributed by atoms with Crippen LogP contribution in [0.1, 0.15) is 32.2 Å². The van der Waals surface area contributed by atoms with E-state index in [1.54, 1.807) is 0 Å². The van der Waals surface area contributed by atoms with Crippen molar-refractivity contribution in [2.24, 2.45) is 0 Å². The molecule has 1 aromatic heterocycles. The van der Waals surface area contributed by atoms with Gasteiger partial charge in [0.15, 0.2) is 4.77 Å². The summed E-state index contributed by atoms with van der Waals surface area (Å²) < 4.78 is 8.47. The summed E-state index contributed by atoms with van der Waals surface area (Å²) in [4.78, 5) is 2.34. The molecule has 2 heterocycles. The zero-order valence-corrected chi connectivity index (χ0v) is 10.9. The number of H-pyrrole nitrogens is 1. The molecule has 1 saturated heterocycles. The van der Waals surface area contributed by atoms with E-state index in [1.165, 1.54) is 12.8 Å². The van der Waals surface area contributed by atoms with E-state index < -0.39 is 0 Å². The van der Waals surface area contributed by atoms with Gasteiger partial charge in [-0.1, -0.05) is 6.92 Å². The standard InChI is InChI=1S/C11H18N4OS/c1-2-8-7-16-6-5-14(8)10-12-13-11(17)15(10)9-3-4-9/h8-9H,2-7H2,1H3,(H,13,17). The number of anilines is 1. The van der Waals surface area contributed by atoms with Crippen LogP contribution in [-0.4, -0.2) is 40.6 Å². The fourth-order valence-electron chi connectivity index (χ4n) is 2.42. The van der Waals surface area contributed by atoms with Gasteiger partial charge in [0.1, 0.15) is 0 Å². The number of hydrogen-bond acceptors (Lipinski definition) is 4. The number of nitrogens with zero attached hydrogens (tertiary/aromatic N) is 3. The van der Waals surface area contributed by atoms with E-state index in [9.17, 15) is 0 Å². The van der Waals surface area contributed by atoms with Gasteiger partial charge in [-0.25, -0.2) is 5.10 Å². The predicted octanol–water partition coefficient (Wildman–Crippen LogP) is 1.89. The van der Waals surface area contributed by atoms with Gasteiger partial charge in [-0.2, -0.15) is 0 Å². The third kappa shape index (κ3) is 1.99. The molecule has 0 aromatic carbocycles. The topological polar surface area (TPSA) is 46.1 Å². The lowest BCUT2D eigenvalue weighted by atomic mass is 10.2. The lowest BCUT2D eigenvalue weighted by molar-refractivity contribution is 0.0917. The molecule has 2 fully saturated rings. The second kappa shape index (κ2) is 4.42. The Morgan fingerprint density at radius 1 is 1.53 bits per heavy atom. The van der Waals surface area contributed by atoms with Crippen LogP contribution in [0.5, 0.6) is 0 Å². The van der Waals surface area contributed by atoms with Crippen LogP contribution in [0.4, 0.5) is 5.95 Å². The molecule has 1 unspecified atom stereocenters. The molecule has 1 N–H and O–H groups in total. The molecule has 6 heteroatoms. The Labute approximate surface area is 106 Å². The van der Waals surface area contributed by atoms with Crippen molar-refractivity contribution >= 4 is 18.2 Å². The van der Waals surface area contributed by atoms with Gasteiger partial charge in [-0.05, 0) is 31.5 Å². The minimum Gasteiger partial charge on any atom is -0.377 e. The van der Waals surface area contributed by atoms with E-state index in [0.717, 1.165) is 36.9 Å². The van der Waals surface area contributed by atoms with Gasteiger partial charge in [-0.3, -0.25) is 4.57 Å². The first-order chi connectivity index (χ1) is 8.31. The molecule has 2 aliphatic rings. The zero-order valence-electron chi connectivity index (χ0n) is 10.1. The van der Waals surface area contributed by atoms with Crippen LogP contribution in [0.3, 0.4) is 0 Å². The Hall–Kier alpha value is -0.880. The number of hydrogen-bond donors (Lipinski definition) is 1. The van der Waals surface area contributed by atoms with Crippen LogP contribution < -0.4 is 4.90 Å². The first kappa shape index (κ1) is 11.2. The lowest BCUT2D eigenvalue weighted by Gasteiger charge is -2.35. The van der Waals surface area contributed by atoms with Gasteiger partial charge >= 0.3 is 0 Å². The monoisotopic (exact) mass is 254 g/mol. The van der Waals surface area contributed by atoms with Crippen LogP contribution in [0.25, 0.3) is 0 Å². The second-order valence-electron chi connectivity index (χ2n) is 4.76. The summed E-state index contributed by atoms with van der Waals surface area (Å²) in [7, 11) is 0. The molecule has 3 rings (SSSR count). The minimum atomic E-state index is 0.423. The predicted molar refractivity (Wildman–Crippen MR) is 67.9 cm³/mol. The molecule has 94 valence electrons. The van der Waals surface area contributed by atoms with Crippen LogP contribution in [0.2, 0.25) is 0 Å². The molecule has 1 aliphatic heterocycles. The molecule has 1 atom stereocenters. The third-order valence-electron chi connectivity index (χ3n) is 3.55. The Bertz CT molecular complexity index is 451. The van der Waals surface area contributed by atoms with Gasteiger partial charge in [0.2, 0.25) is 5.95 Å². The van der Waals surface area contributed by atoms with E-state index in [0.29, 0.717) is 12.1 Å². The number of aromatic nitrogens is 3. The highest BCUT2D eigenvalue weighted by Gasteiger charge is 2.32. The maximum atomic E-state index is 5.53. The summed E-state index contributed by atoms with van der Waals surface area (Å²) >= 11 is 5.32. The van der Waals surface area contributed by atoms with Gasteiger partial charge in [-0.15, -0.1) is 5.10 Å². The smallest absolute Gasteiger partial charge is 0.226 e. The van der Waals surface area contributed by atoms with Crippen molar-refractivity contribution in [3.05, 3.63) is 4.77 Å². The molecule has 0 spiro atoms. The van der Waals surface area contributed by atoms with Gasteiger partial charge in [0.25, 0.3) is 0 Å². The number of morpholine rings is 1. The van der Waals surface area contributed by atoms with Crippen molar-refractivity contribution in [3.63, 3.8) is 0 Å². The Kier molecular flexibility index (Phi) is 2.92. The molecule has 0 bridgehead atoms. The maximum Gasteiger partial charge on any atom is 0.226 e. The number of aromatic amines is 1. The quantitative estimate of drug-likeness (QED) is 0.837. The third-order valence-corrected chi connectivity index (χ3v) is 3.84. The Morgan fingerprint density at radius 2 is 2.35 bits per heavy atom. The van der Waals surface area contributed by atoms with Crippen LogP contribution >= 0.6 is 12.2 Å². The van der Waals surface area contributed by atoms with Crippen LogP contribution in [0.15, 0.2) is 0 Å². The van der Waals surface area contributed by atoms with Crippen molar-refractivity contribution < 1.29 is 4.74 Å². The lowest BCUT2D eigenvalue weighted by Crippen LogP contribution is -2.46. The average Bonchev–Trinajstić information content (AvgIpc) is 3.12. The fourth-order valence-corrected chi connectivity index (χ4v) is 2.69. The molecular formula is C11H18N4OS. The van der Waals surface area contributed by atoms with Gasteiger partial charge in [0.05, 0.1) is 19.3 Å². The number of nitrogens with one attached hydrogen (secondary N) is 1. The van der Waals surface area contributed by atoms with E-state index in [4.69, 9.17) is 17.0 Å². The van der Waals surface area contributed by atoms with Crippen LogP contribution in [-0.2, 0) is 4.74 Å². The van der Waals surface area contributed by atoms with Crippen molar-refractivity contribution in [2.75, 3.05) is 24.7 Å². The first-order valence-corrected chi connectivity index (χ1v) is 6.73. The summed E-state index contributed by atoms with van der Waals surface area (Å²) in [6.07, 6.45) is 3.52.